The number of likely N-dealkylation sites (tertiary alicyclic amines) is 1. The molecule has 2 aromatic carbocycles. The minimum Gasteiger partial charge on any atom is -0.465 e. The lowest BCUT2D eigenvalue weighted by molar-refractivity contribution is -0.118. The number of aliphatic hydroxyl groups is 1. The number of esters is 1. The van der Waals surface area contributed by atoms with E-state index in [1.54, 1.807) is 6.07 Å². The first-order valence-corrected chi connectivity index (χ1v) is 12.4. The monoisotopic (exact) mass is 472 g/mol. The lowest BCUT2D eigenvalue weighted by Crippen LogP contribution is -2.77. The summed E-state index contributed by atoms with van der Waals surface area (Å²) in [4.78, 5) is 24.2. The number of hydrogen-bond donors (Lipinski definition) is 1. The van der Waals surface area contributed by atoms with Crippen LogP contribution in [0.2, 0.25) is 0 Å². The van der Waals surface area contributed by atoms with Gasteiger partial charge in [-0.3, -0.25) is 19.7 Å². The Morgan fingerprint density at radius 1 is 1.03 bits per heavy atom. The molecule has 7 heteroatoms. The van der Waals surface area contributed by atoms with Crippen LogP contribution in [-0.2, 0) is 17.8 Å². The highest BCUT2D eigenvalue weighted by Crippen LogP contribution is 2.40. The van der Waals surface area contributed by atoms with Crippen molar-refractivity contribution in [3.05, 3.63) is 77.5 Å². The van der Waals surface area contributed by atoms with Gasteiger partial charge >= 0.3 is 5.97 Å². The first-order chi connectivity index (χ1) is 17.0. The van der Waals surface area contributed by atoms with E-state index in [1.165, 1.54) is 18.1 Å². The van der Waals surface area contributed by atoms with Crippen LogP contribution in [0.15, 0.2) is 60.8 Å². The Morgan fingerprint density at radius 2 is 1.83 bits per heavy atom. The number of ether oxygens (including phenoxy) is 1. The van der Waals surface area contributed by atoms with Gasteiger partial charge in [-0.05, 0) is 41.8 Å². The number of piperazine rings is 1. The molecule has 3 saturated heterocycles. The number of carbonyl (C=O) groups is 1. The zero-order valence-electron chi connectivity index (χ0n) is 20.1. The average Bonchev–Trinajstić information content (AvgIpc) is 3.23. The van der Waals surface area contributed by atoms with Crippen LogP contribution in [0, 0.1) is 0 Å². The maximum absolute atomic E-state index is 12.0. The highest BCUT2D eigenvalue weighted by Gasteiger charge is 2.55. The molecule has 3 aliphatic heterocycles. The quantitative estimate of drug-likeness (QED) is 0.573. The fourth-order valence-electron chi connectivity index (χ4n) is 6.45. The lowest BCUT2D eigenvalue weighted by Gasteiger charge is -2.61. The number of carbonyl (C=O) groups excluding carboxylic acids is 1. The fraction of sp³-hybridized carbons (Fsp3) is 0.429. The molecule has 182 valence electrons. The zero-order valence-corrected chi connectivity index (χ0v) is 20.1. The first-order valence-electron chi connectivity index (χ1n) is 12.4. The van der Waals surface area contributed by atoms with Crippen LogP contribution in [0.25, 0.3) is 10.9 Å². The third kappa shape index (κ3) is 4.34. The van der Waals surface area contributed by atoms with E-state index in [-0.39, 0.29) is 17.6 Å². The molecule has 35 heavy (non-hydrogen) atoms. The molecule has 0 amide bonds. The van der Waals surface area contributed by atoms with Gasteiger partial charge in [-0.15, -0.1) is 0 Å². The van der Waals surface area contributed by atoms with Crippen molar-refractivity contribution >= 4 is 16.9 Å². The van der Waals surface area contributed by atoms with Crippen LogP contribution in [0.1, 0.15) is 27.9 Å². The summed E-state index contributed by atoms with van der Waals surface area (Å²) < 4.78 is 4.90. The summed E-state index contributed by atoms with van der Waals surface area (Å²) in [6, 6.07) is 18.6. The van der Waals surface area contributed by atoms with E-state index in [4.69, 9.17) is 4.74 Å². The Labute approximate surface area is 205 Å². The second kappa shape index (κ2) is 8.99. The zero-order chi connectivity index (χ0) is 24.0. The molecule has 2 atom stereocenters. The number of methoxy groups -OCH3 is 1. The van der Waals surface area contributed by atoms with Gasteiger partial charge < -0.3 is 9.84 Å². The Balaban J connectivity index is 1.17. The molecule has 0 aliphatic carbocycles. The summed E-state index contributed by atoms with van der Waals surface area (Å²) in [5.41, 5.74) is 4.04. The molecule has 3 aliphatic rings. The molecule has 3 aromatic rings. The van der Waals surface area contributed by atoms with E-state index < -0.39 is 0 Å². The Hall–Kier alpha value is -2.84. The van der Waals surface area contributed by atoms with Gasteiger partial charge in [-0.1, -0.05) is 30.3 Å². The van der Waals surface area contributed by atoms with Gasteiger partial charge in [0.15, 0.2) is 0 Å². The minimum absolute atomic E-state index is 0.0602. The van der Waals surface area contributed by atoms with Crippen molar-refractivity contribution < 1.29 is 14.6 Å². The van der Waals surface area contributed by atoms with Crippen molar-refractivity contribution in [1.29, 1.82) is 0 Å². The standard InChI is InChI=1S/C28H32N4O3/c1-35-27(34)23-7-4-5-20(9-23)13-30-15-24-11-25(33)16-32(24)28(17-30)18-31(19-28)14-21-10-22-6-2-3-8-26(22)29-12-21/h2-10,12,24-25,33H,11,13-19H2,1H3/t24-,25+/m0/s1. The number of nitrogens with zero attached hydrogens (tertiary/aromatic N) is 4. The Bertz CT molecular complexity index is 1240. The van der Waals surface area contributed by atoms with Crippen LogP contribution < -0.4 is 0 Å². The number of β-amino-alcohol motifs (C(OH)–C–C–N with tert-alkyl or cyclic N) is 1. The molecule has 0 radical (unpaired) electrons. The van der Waals surface area contributed by atoms with Crippen molar-refractivity contribution in [2.45, 2.75) is 37.2 Å². The Morgan fingerprint density at radius 3 is 2.69 bits per heavy atom. The van der Waals surface area contributed by atoms with Crippen molar-refractivity contribution in [1.82, 2.24) is 19.7 Å². The maximum Gasteiger partial charge on any atom is 0.337 e. The van der Waals surface area contributed by atoms with Crippen molar-refractivity contribution in [2.75, 3.05) is 39.8 Å². The first kappa shape index (κ1) is 22.6. The van der Waals surface area contributed by atoms with E-state index in [2.05, 4.69) is 43.9 Å². The molecule has 0 saturated carbocycles. The SMILES string of the molecule is COC(=O)c1cccc(CN2C[C@@H]3C[C@@H](O)CN3C3(C2)CN(Cc2cnc4ccccc4c2)C3)c1. The summed E-state index contributed by atoms with van der Waals surface area (Å²) in [7, 11) is 1.42. The molecule has 1 N–H and O–H groups in total. The van der Waals surface area contributed by atoms with E-state index in [9.17, 15) is 9.90 Å². The summed E-state index contributed by atoms with van der Waals surface area (Å²) in [6.07, 6.45) is 2.57. The number of aromatic nitrogens is 1. The molecule has 7 nitrogen and oxygen atoms in total. The number of pyridine rings is 1. The lowest BCUT2D eigenvalue weighted by atomic mass is 9.83. The van der Waals surface area contributed by atoms with Gasteiger partial charge in [0, 0.05) is 63.4 Å². The van der Waals surface area contributed by atoms with Gasteiger partial charge in [0.25, 0.3) is 0 Å². The minimum atomic E-state index is -0.301. The molecular formula is C28H32N4O3. The average molecular weight is 473 g/mol. The van der Waals surface area contributed by atoms with Gasteiger partial charge in [0.2, 0.25) is 0 Å². The number of fused-ring (bicyclic) bond motifs is 3. The largest absolute Gasteiger partial charge is 0.465 e. The topological polar surface area (TPSA) is 69.1 Å². The molecule has 6 rings (SSSR count). The van der Waals surface area contributed by atoms with Gasteiger partial charge in [-0.2, -0.15) is 0 Å². The Kier molecular flexibility index (Phi) is 5.81. The maximum atomic E-state index is 12.0. The number of aliphatic hydroxyl groups excluding tert-OH is 1. The third-order valence-electron chi connectivity index (χ3n) is 7.83. The van der Waals surface area contributed by atoms with Crippen LogP contribution >= 0.6 is 0 Å². The number of benzene rings is 2. The molecule has 4 heterocycles. The molecule has 0 bridgehead atoms. The van der Waals surface area contributed by atoms with E-state index in [0.29, 0.717) is 11.6 Å². The van der Waals surface area contributed by atoms with Gasteiger partial charge in [0.05, 0.1) is 29.8 Å². The van der Waals surface area contributed by atoms with Crippen LogP contribution in [0.4, 0.5) is 0 Å². The van der Waals surface area contributed by atoms with Crippen LogP contribution in [-0.4, -0.2) is 88.3 Å². The molecule has 1 aromatic heterocycles. The summed E-state index contributed by atoms with van der Waals surface area (Å²) in [5.74, 6) is -0.301. The highest BCUT2D eigenvalue weighted by molar-refractivity contribution is 5.89. The predicted molar refractivity (Wildman–Crippen MR) is 134 cm³/mol. The number of para-hydroxylation sites is 1. The second-order valence-electron chi connectivity index (χ2n) is 10.5. The molecular weight excluding hydrogens is 440 g/mol. The highest BCUT2D eigenvalue weighted by atomic mass is 16.5. The van der Waals surface area contributed by atoms with Crippen LogP contribution in [0.5, 0.6) is 0 Å². The predicted octanol–water partition coefficient (Wildman–Crippen LogP) is 2.53. The summed E-state index contributed by atoms with van der Waals surface area (Å²) in [6.45, 7) is 6.33. The number of hydrogen-bond acceptors (Lipinski definition) is 7. The smallest absolute Gasteiger partial charge is 0.337 e. The third-order valence-corrected chi connectivity index (χ3v) is 7.83. The van der Waals surface area contributed by atoms with Crippen molar-refractivity contribution in [3.8, 4) is 0 Å². The van der Waals surface area contributed by atoms with E-state index in [0.717, 1.165) is 63.3 Å². The molecule has 0 unspecified atom stereocenters. The van der Waals surface area contributed by atoms with E-state index >= 15 is 0 Å². The van der Waals surface area contributed by atoms with Crippen molar-refractivity contribution in [2.24, 2.45) is 0 Å². The summed E-state index contributed by atoms with van der Waals surface area (Å²) >= 11 is 0. The van der Waals surface area contributed by atoms with Crippen molar-refractivity contribution in [3.63, 3.8) is 0 Å². The molecule has 3 fully saturated rings. The van der Waals surface area contributed by atoms with Crippen LogP contribution in [0.3, 0.4) is 0 Å². The summed E-state index contributed by atoms with van der Waals surface area (Å²) in [5, 5.41) is 11.7. The fourth-order valence-corrected chi connectivity index (χ4v) is 6.45. The molecule has 1 spiro atoms. The normalized spacial score (nSPS) is 24.4. The van der Waals surface area contributed by atoms with E-state index in [1.807, 2.05) is 30.5 Å². The number of rotatable bonds is 5. The second-order valence-corrected chi connectivity index (χ2v) is 10.5. The van der Waals surface area contributed by atoms with Gasteiger partial charge in [0.1, 0.15) is 0 Å². The van der Waals surface area contributed by atoms with Gasteiger partial charge in [-0.25, -0.2) is 4.79 Å².